The van der Waals surface area contributed by atoms with Gasteiger partial charge in [-0.2, -0.15) is 0 Å². The number of piperidine rings is 1. The third-order valence-corrected chi connectivity index (χ3v) is 7.76. The zero-order valence-electron chi connectivity index (χ0n) is 23.6. The molecule has 41 heavy (non-hydrogen) atoms. The Hall–Kier alpha value is -4.30. The van der Waals surface area contributed by atoms with E-state index in [1.165, 1.54) is 5.69 Å². The zero-order valence-corrected chi connectivity index (χ0v) is 24.5. The Kier molecular flexibility index (Phi) is 8.59. The molecule has 0 radical (unpaired) electrons. The van der Waals surface area contributed by atoms with E-state index in [1.807, 2.05) is 60.0 Å². The van der Waals surface area contributed by atoms with Crippen molar-refractivity contribution in [1.29, 1.82) is 0 Å². The molecule has 1 aliphatic rings. The summed E-state index contributed by atoms with van der Waals surface area (Å²) in [6, 6.07) is 28.0. The Morgan fingerprint density at radius 2 is 1.59 bits per heavy atom. The van der Waals surface area contributed by atoms with Crippen molar-refractivity contribution in [2.75, 3.05) is 33.9 Å². The average molecular weight is 569 g/mol. The highest BCUT2D eigenvalue weighted by Crippen LogP contribution is 2.32. The third kappa shape index (κ3) is 7.67. The van der Waals surface area contributed by atoms with Gasteiger partial charge in [0.15, 0.2) is 0 Å². The molecule has 5 rings (SSSR count). The number of hydrogen-bond acceptors (Lipinski definition) is 6. The topological polar surface area (TPSA) is 82.7 Å². The Morgan fingerprint density at radius 1 is 0.854 bits per heavy atom. The lowest BCUT2D eigenvalue weighted by Crippen LogP contribution is -2.39. The largest absolute Gasteiger partial charge is 0.444 e. The van der Waals surface area contributed by atoms with Gasteiger partial charge in [0.2, 0.25) is 0 Å². The minimum absolute atomic E-state index is 0.261. The molecule has 1 fully saturated rings. The first-order valence-corrected chi connectivity index (χ1v) is 14.8. The monoisotopic (exact) mass is 568 g/mol. The summed E-state index contributed by atoms with van der Waals surface area (Å²) < 4.78 is 5.42. The molecule has 3 N–H and O–H groups in total. The zero-order chi connectivity index (χ0) is 28.8. The Morgan fingerprint density at radius 3 is 2.24 bits per heavy atom. The number of nitrogens with one attached hydrogen (secondary N) is 3. The van der Waals surface area contributed by atoms with Crippen molar-refractivity contribution in [3.05, 3.63) is 95.9 Å². The van der Waals surface area contributed by atoms with Crippen LogP contribution in [0.5, 0.6) is 0 Å². The molecule has 7 nitrogen and oxygen atoms in total. The molecule has 0 saturated carbocycles. The van der Waals surface area contributed by atoms with Crippen LogP contribution >= 0.6 is 11.3 Å². The van der Waals surface area contributed by atoms with E-state index in [-0.39, 0.29) is 5.91 Å². The number of carbonyl (C=O) groups excluding carboxylic acids is 2. The highest BCUT2D eigenvalue weighted by molar-refractivity contribution is 7.13. The predicted molar refractivity (Wildman–Crippen MR) is 169 cm³/mol. The number of carbonyl (C=O) groups is 2. The number of ether oxygens (including phenoxy) is 1. The second-order valence-corrected chi connectivity index (χ2v) is 12.1. The second-order valence-electron chi connectivity index (χ2n) is 11.1. The normalized spacial score (nSPS) is 13.9. The first-order valence-electron chi connectivity index (χ1n) is 13.9. The van der Waals surface area contributed by atoms with Gasteiger partial charge < -0.3 is 20.3 Å². The minimum Gasteiger partial charge on any atom is -0.444 e. The molecule has 4 aromatic rings. The average Bonchev–Trinajstić information content (AvgIpc) is 3.49. The maximum atomic E-state index is 13.3. The van der Waals surface area contributed by atoms with Crippen molar-refractivity contribution in [1.82, 2.24) is 0 Å². The number of para-hydroxylation sites is 1. The van der Waals surface area contributed by atoms with Crippen LogP contribution in [0.15, 0.2) is 90.3 Å². The van der Waals surface area contributed by atoms with Crippen LogP contribution in [0.2, 0.25) is 0 Å². The van der Waals surface area contributed by atoms with Gasteiger partial charge in [-0.3, -0.25) is 10.1 Å². The van der Waals surface area contributed by atoms with Crippen molar-refractivity contribution >= 4 is 46.1 Å². The van der Waals surface area contributed by atoms with Crippen molar-refractivity contribution < 1.29 is 14.3 Å². The molecule has 3 aromatic carbocycles. The summed E-state index contributed by atoms with van der Waals surface area (Å²) in [6.45, 7) is 7.43. The Balaban J connectivity index is 1.23. The van der Waals surface area contributed by atoms with Gasteiger partial charge in [0.25, 0.3) is 5.91 Å². The molecule has 2 amide bonds. The Bertz CT molecular complexity index is 1460. The lowest BCUT2D eigenvalue weighted by molar-refractivity contribution is 0.0635. The number of amides is 2. The molecule has 212 valence electrons. The molecule has 8 heteroatoms. The van der Waals surface area contributed by atoms with Crippen molar-refractivity contribution in [3.8, 4) is 10.4 Å². The number of nitrogens with zero attached hydrogens (tertiary/aromatic N) is 1. The van der Waals surface area contributed by atoms with Gasteiger partial charge in [0.1, 0.15) is 5.60 Å². The standard InChI is InChI=1S/C33H36N4O3S/c1-33(2,3)40-32(39)36-28-16-13-24(30-10-7-21-41-30)22-29(28)35-31(38)23-11-14-25(15-12-23)34-26-17-19-37(20-18-26)27-8-5-4-6-9-27/h4-16,21-22,26,34H,17-20H2,1-3H3,(H,35,38)(H,36,39). The highest BCUT2D eigenvalue weighted by Gasteiger charge is 2.20. The number of anilines is 4. The van der Waals surface area contributed by atoms with E-state index in [0.29, 0.717) is 23.0 Å². The number of hydrogen-bond donors (Lipinski definition) is 3. The van der Waals surface area contributed by atoms with Gasteiger partial charge in [0.05, 0.1) is 11.4 Å². The van der Waals surface area contributed by atoms with Crippen LogP contribution in [0, 0.1) is 0 Å². The summed E-state index contributed by atoms with van der Waals surface area (Å²) in [6.07, 6.45) is 1.51. The van der Waals surface area contributed by atoms with E-state index in [2.05, 4.69) is 45.1 Å². The molecule has 1 aliphatic heterocycles. The first kappa shape index (κ1) is 28.2. The van der Waals surface area contributed by atoms with Crippen molar-refractivity contribution in [3.63, 3.8) is 0 Å². The number of benzene rings is 3. The van der Waals surface area contributed by atoms with Crippen LogP contribution < -0.4 is 20.9 Å². The van der Waals surface area contributed by atoms with E-state index in [0.717, 1.165) is 42.1 Å². The molecule has 0 unspecified atom stereocenters. The van der Waals surface area contributed by atoms with Gasteiger partial charge in [0, 0.05) is 40.9 Å². The lowest BCUT2D eigenvalue weighted by Gasteiger charge is -2.34. The smallest absolute Gasteiger partial charge is 0.412 e. The molecular formula is C33H36N4O3S. The van der Waals surface area contributed by atoms with Gasteiger partial charge in [-0.25, -0.2) is 4.79 Å². The van der Waals surface area contributed by atoms with E-state index in [1.54, 1.807) is 38.2 Å². The third-order valence-electron chi connectivity index (χ3n) is 6.84. The van der Waals surface area contributed by atoms with Crippen molar-refractivity contribution in [2.24, 2.45) is 0 Å². The fourth-order valence-corrected chi connectivity index (χ4v) is 5.56. The van der Waals surface area contributed by atoms with Crippen LogP contribution in [0.1, 0.15) is 44.0 Å². The van der Waals surface area contributed by atoms with Crippen LogP contribution in [-0.2, 0) is 4.74 Å². The Labute approximate surface area is 245 Å². The van der Waals surface area contributed by atoms with E-state index in [9.17, 15) is 9.59 Å². The minimum atomic E-state index is -0.640. The lowest BCUT2D eigenvalue weighted by atomic mass is 10.0. The molecule has 1 aromatic heterocycles. The molecule has 0 aliphatic carbocycles. The number of rotatable bonds is 7. The van der Waals surface area contributed by atoms with Gasteiger partial charge in [-0.15, -0.1) is 11.3 Å². The summed E-state index contributed by atoms with van der Waals surface area (Å²) in [7, 11) is 0. The summed E-state index contributed by atoms with van der Waals surface area (Å²) in [5.74, 6) is -0.261. The summed E-state index contributed by atoms with van der Waals surface area (Å²) in [5.41, 5.74) is 4.06. The fraction of sp³-hybridized carbons (Fsp3) is 0.273. The van der Waals surface area contributed by atoms with Crippen LogP contribution in [0.3, 0.4) is 0 Å². The molecule has 0 atom stereocenters. The van der Waals surface area contributed by atoms with Gasteiger partial charge >= 0.3 is 6.09 Å². The maximum Gasteiger partial charge on any atom is 0.412 e. The molecule has 2 heterocycles. The van der Waals surface area contributed by atoms with Crippen molar-refractivity contribution in [2.45, 2.75) is 45.3 Å². The first-order chi connectivity index (χ1) is 19.7. The van der Waals surface area contributed by atoms with E-state index in [4.69, 9.17) is 4.74 Å². The summed E-state index contributed by atoms with van der Waals surface area (Å²) in [5, 5.41) is 11.4. The maximum absolute atomic E-state index is 13.3. The molecule has 1 saturated heterocycles. The highest BCUT2D eigenvalue weighted by atomic mass is 32.1. The summed E-state index contributed by atoms with van der Waals surface area (Å²) in [4.78, 5) is 29.2. The SMILES string of the molecule is CC(C)(C)OC(=O)Nc1ccc(-c2cccs2)cc1NC(=O)c1ccc(NC2CCN(c3ccccc3)CC2)cc1. The fourth-order valence-electron chi connectivity index (χ4n) is 4.84. The predicted octanol–water partition coefficient (Wildman–Crippen LogP) is 8.10. The molecule has 0 bridgehead atoms. The molecule has 0 spiro atoms. The number of thiophene rings is 1. The van der Waals surface area contributed by atoms with E-state index < -0.39 is 11.7 Å². The van der Waals surface area contributed by atoms with Crippen LogP contribution in [0.4, 0.5) is 27.5 Å². The van der Waals surface area contributed by atoms with Crippen LogP contribution in [0.25, 0.3) is 10.4 Å². The van der Waals surface area contributed by atoms with Gasteiger partial charge in [-0.05, 0) is 99.2 Å². The quantitative estimate of drug-likeness (QED) is 0.210. The second kappa shape index (κ2) is 12.5. The van der Waals surface area contributed by atoms with E-state index >= 15 is 0 Å². The molecular weight excluding hydrogens is 532 g/mol. The summed E-state index contributed by atoms with van der Waals surface area (Å²) >= 11 is 1.61. The van der Waals surface area contributed by atoms with Crippen LogP contribution in [-0.4, -0.2) is 36.7 Å². The van der Waals surface area contributed by atoms with Gasteiger partial charge in [-0.1, -0.05) is 30.3 Å².